The van der Waals surface area contributed by atoms with E-state index in [0.29, 0.717) is 12.0 Å². The second-order valence-electron chi connectivity index (χ2n) is 4.05. The largest absolute Gasteiger partial charge is 0.386 e. The molecular formula is C13H16O2. The van der Waals surface area contributed by atoms with Crippen LogP contribution in [0.5, 0.6) is 0 Å². The number of allylic oxidation sites excluding steroid dienone is 1. The van der Waals surface area contributed by atoms with Gasteiger partial charge in [-0.25, -0.2) is 0 Å². The number of aliphatic hydroxyl groups is 1. The van der Waals surface area contributed by atoms with Crippen molar-refractivity contribution < 1.29 is 9.90 Å². The van der Waals surface area contributed by atoms with Crippen LogP contribution in [0.3, 0.4) is 0 Å². The lowest BCUT2D eigenvalue weighted by Crippen LogP contribution is -2.13. The molecule has 0 saturated carbocycles. The Labute approximate surface area is 90.3 Å². The molecule has 1 N–H and O–H groups in total. The summed E-state index contributed by atoms with van der Waals surface area (Å²) in [5.74, 6) is 0.0658. The molecular weight excluding hydrogens is 188 g/mol. The van der Waals surface area contributed by atoms with Crippen LogP contribution < -0.4 is 0 Å². The molecule has 2 nitrogen and oxygen atoms in total. The highest BCUT2D eigenvalue weighted by Gasteiger charge is 2.07. The molecule has 0 saturated heterocycles. The average Bonchev–Trinajstić information content (AvgIpc) is 2.17. The second-order valence-corrected chi connectivity index (χ2v) is 4.05. The Bertz CT molecular complexity index is 345. The van der Waals surface area contributed by atoms with Gasteiger partial charge in [0.2, 0.25) is 0 Å². The van der Waals surface area contributed by atoms with Gasteiger partial charge in [-0.1, -0.05) is 42.5 Å². The first-order valence-electron chi connectivity index (χ1n) is 4.97. The maximum absolute atomic E-state index is 11.6. The summed E-state index contributed by atoms with van der Waals surface area (Å²) in [6.07, 6.45) is 3.66. The Morgan fingerprint density at radius 2 is 1.93 bits per heavy atom. The van der Waals surface area contributed by atoms with E-state index in [4.69, 9.17) is 0 Å². The lowest BCUT2D eigenvalue weighted by molar-refractivity contribution is 0.0994. The van der Waals surface area contributed by atoms with Gasteiger partial charge in [-0.05, 0) is 13.8 Å². The van der Waals surface area contributed by atoms with Crippen molar-refractivity contribution in [2.45, 2.75) is 25.9 Å². The molecule has 1 rings (SSSR count). The van der Waals surface area contributed by atoms with Crippen LogP contribution in [-0.4, -0.2) is 16.5 Å². The van der Waals surface area contributed by atoms with E-state index in [9.17, 15) is 9.90 Å². The van der Waals surface area contributed by atoms with E-state index in [2.05, 4.69) is 0 Å². The molecule has 0 amide bonds. The molecule has 1 aromatic carbocycles. The fourth-order valence-electron chi connectivity index (χ4n) is 1.20. The van der Waals surface area contributed by atoms with Gasteiger partial charge >= 0.3 is 0 Å². The topological polar surface area (TPSA) is 37.3 Å². The van der Waals surface area contributed by atoms with Crippen LogP contribution in [0.15, 0.2) is 42.5 Å². The SMILES string of the molecule is CC(C)(O)C=CCC(=O)c1ccccc1. The molecule has 15 heavy (non-hydrogen) atoms. The van der Waals surface area contributed by atoms with Crippen molar-refractivity contribution in [3.8, 4) is 0 Å². The first-order valence-corrected chi connectivity index (χ1v) is 4.97. The highest BCUT2D eigenvalue weighted by molar-refractivity contribution is 5.96. The van der Waals surface area contributed by atoms with Gasteiger partial charge in [-0.3, -0.25) is 4.79 Å². The lowest BCUT2D eigenvalue weighted by atomic mass is 10.1. The summed E-state index contributed by atoms with van der Waals surface area (Å²) in [5, 5.41) is 9.40. The summed E-state index contributed by atoms with van der Waals surface area (Å²) >= 11 is 0. The molecule has 0 atom stereocenters. The summed E-state index contributed by atoms with van der Waals surface area (Å²) in [5.41, 5.74) is -0.144. The predicted octanol–water partition coefficient (Wildman–Crippen LogP) is 2.59. The molecule has 0 aliphatic rings. The Kier molecular flexibility index (Phi) is 3.81. The van der Waals surface area contributed by atoms with Gasteiger partial charge < -0.3 is 5.11 Å². The zero-order chi connectivity index (χ0) is 11.3. The van der Waals surface area contributed by atoms with Gasteiger partial charge in [0.25, 0.3) is 0 Å². The number of carbonyl (C=O) groups is 1. The highest BCUT2D eigenvalue weighted by atomic mass is 16.3. The number of rotatable bonds is 4. The molecule has 0 spiro atoms. The van der Waals surface area contributed by atoms with E-state index in [1.165, 1.54) is 0 Å². The molecule has 1 aromatic rings. The summed E-state index contributed by atoms with van der Waals surface area (Å²) in [4.78, 5) is 11.6. The third kappa shape index (κ3) is 4.56. The van der Waals surface area contributed by atoms with Crippen molar-refractivity contribution in [1.82, 2.24) is 0 Å². The van der Waals surface area contributed by atoms with Crippen LogP contribution in [0, 0.1) is 0 Å². The van der Waals surface area contributed by atoms with Gasteiger partial charge in [0.15, 0.2) is 5.78 Å². The third-order valence-electron chi connectivity index (χ3n) is 1.92. The van der Waals surface area contributed by atoms with E-state index in [1.54, 1.807) is 38.1 Å². The maximum Gasteiger partial charge on any atom is 0.166 e. The van der Waals surface area contributed by atoms with Crippen LogP contribution >= 0.6 is 0 Å². The van der Waals surface area contributed by atoms with E-state index in [0.717, 1.165) is 0 Å². The Hall–Kier alpha value is -1.41. The van der Waals surface area contributed by atoms with Crippen molar-refractivity contribution in [1.29, 1.82) is 0 Å². The summed E-state index contributed by atoms with van der Waals surface area (Å²) in [6, 6.07) is 9.14. The van der Waals surface area contributed by atoms with Crippen molar-refractivity contribution in [2.75, 3.05) is 0 Å². The number of hydrogen-bond donors (Lipinski definition) is 1. The first kappa shape index (κ1) is 11.7. The zero-order valence-corrected chi connectivity index (χ0v) is 9.10. The fourth-order valence-corrected chi connectivity index (χ4v) is 1.20. The number of Topliss-reactive ketones (excluding diaryl/α,β-unsaturated/α-hetero) is 1. The Balaban J connectivity index is 2.55. The monoisotopic (exact) mass is 204 g/mol. The Morgan fingerprint density at radius 3 is 2.47 bits per heavy atom. The molecule has 2 heteroatoms. The van der Waals surface area contributed by atoms with Crippen LogP contribution in [0.2, 0.25) is 0 Å². The molecule has 0 radical (unpaired) electrons. The average molecular weight is 204 g/mol. The minimum Gasteiger partial charge on any atom is -0.386 e. The van der Waals surface area contributed by atoms with Gasteiger partial charge in [-0.2, -0.15) is 0 Å². The van der Waals surface area contributed by atoms with Gasteiger partial charge in [0, 0.05) is 12.0 Å². The van der Waals surface area contributed by atoms with E-state index in [1.807, 2.05) is 18.2 Å². The smallest absolute Gasteiger partial charge is 0.166 e. The zero-order valence-electron chi connectivity index (χ0n) is 9.10. The summed E-state index contributed by atoms with van der Waals surface area (Å²) in [7, 11) is 0. The van der Waals surface area contributed by atoms with Crippen LogP contribution in [0.1, 0.15) is 30.6 Å². The minimum absolute atomic E-state index is 0.0658. The highest BCUT2D eigenvalue weighted by Crippen LogP contribution is 2.07. The van der Waals surface area contributed by atoms with Gasteiger partial charge in [0.05, 0.1) is 5.60 Å². The van der Waals surface area contributed by atoms with E-state index in [-0.39, 0.29) is 5.78 Å². The van der Waals surface area contributed by atoms with Crippen LogP contribution in [0.25, 0.3) is 0 Å². The van der Waals surface area contributed by atoms with Crippen LogP contribution in [0.4, 0.5) is 0 Å². The number of benzene rings is 1. The lowest BCUT2D eigenvalue weighted by Gasteiger charge is -2.09. The molecule has 0 aliphatic carbocycles. The molecule has 0 aliphatic heterocycles. The van der Waals surface area contributed by atoms with Gasteiger partial charge in [-0.15, -0.1) is 0 Å². The molecule has 80 valence electrons. The van der Waals surface area contributed by atoms with Crippen molar-refractivity contribution in [3.05, 3.63) is 48.0 Å². The predicted molar refractivity (Wildman–Crippen MR) is 60.8 cm³/mol. The van der Waals surface area contributed by atoms with Crippen molar-refractivity contribution >= 4 is 5.78 Å². The molecule has 0 bridgehead atoms. The first-order chi connectivity index (χ1) is 6.99. The number of ketones is 1. The molecule has 0 fully saturated rings. The summed E-state index contributed by atoms with van der Waals surface area (Å²) in [6.45, 7) is 3.35. The van der Waals surface area contributed by atoms with E-state index < -0.39 is 5.60 Å². The van der Waals surface area contributed by atoms with Crippen molar-refractivity contribution in [3.63, 3.8) is 0 Å². The Morgan fingerprint density at radius 1 is 1.33 bits per heavy atom. The molecule has 0 heterocycles. The third-order valence-corrected chi connectivity index (χ3v) is 1.92. The maximum atomic E-state index is 11.6. The second kappa shape index (κ2) is 4.89. The number of hydrogen-bond acceptors (Lipinski definition) is 2. The quantitative estimate of drug-likeness (QED) is 0.604. The summed E-state index contributed by atoms with van der Waals surface area (Å²) < 4.78 is 0. The number of carbonyl (C=O) groups excluding carboxylic acids is 1. The van der Waals surface area contributed by atoms with Crippen molar-refractivity contribution in [2.24, 2.45) is 0 Å². The van der Waals surface area contributed by atoms with E-state index >= 15 is 0 Å². The normalized spacial score (nSPS) is 11.9. The fraction of sp³-hybridized carbons (Fsp3) is 0.308. The standard InChI is InChI=1S/C13H16O2/c1-13(2,15)10-6-9-12(14)11-7-4-3-5-8-11/h3-8,10,15H,9H2,1-2H3. The molecule has 0 unspecified atom stereocenters. The van der Waals surface area contributed by atoms with Gasteiger partial charge in [0.1, 0.15) is 0 Å². The van der Waals surface area contributed by atoms with Crippen LogP contribution in [-0.2, 0) is 0 Å². The molecule has 0 aromatic heterocycles. The minimum atomic E-state index is -0.850.